The average molecular weight is 358 g/mol. The molecule has 26 heavy (non-hydrogen) atoms. The van der Waals surface area contributed by atoms with Crippen LogP contribution in [0.2, 0.25) is 0 Å². The minimum atomic E-state index is -0.968. The van der Waals surface area contributed by atoms with E-state index in [1.54, 1.807) is 0 Å². The normalized spacial score (nSPS) is 17.1. The van der Waals surface area contributed by atoms with E-state index in [4.69, 9.17) is 9.68 Å². The van der Waals surface area contributed by atoms with Crippen molar-refractivity contribution in [2.45, 2.75) is 25.7 Å². The zero-order chi connectivity index (χ0) is 18.8. The molecule has 2 aliphatic heterocycles. The Morgan fingerprint density at radius 3 is 1.77 bits per heavy atom. The lowest BCUT2D eigenvalue weighted by Crippen LogP contribution is -2.32. The van der Waals surface area contributed by atoms with Gasteiger partial charge in [0.25, 0.3) is 17.7 Å². The summed E-state index contributed by atoms with van der Waals surface area (Å²) >= 11 is 0. The van der Waals surface area contributed by atoms with Crippen molar-refractivity contribution < 1.29 is 33.6 Å². The van der Waals surface area contributed by atoms with Crippen LogP contribution < -0.4 is 0 Å². The van der Waals surface area contributed by atoms with Crippen molar-refractivity contribution in [2.24, 2.45) is 0 Å². The molecule has 0 N–H and O–H groups in total. The molecular weight excluding hydrogens is 344 g/mol. The van der Waals surface area contributed by atoms with E-state index in [-0.39, 0.29) is 36.3 Å². The zero-order valence-electron chi connectivity index (χ0n) is 13.6. The molecule has 2 fully saturated rings. The lowest BCUT2D eigenvalue weighted by Gasteiger charge is -2.16. The van der Waals surface area contributed by atoms with Crippen LogP contribution in [0.25, 0.3) is 0 Å². The molecule has 0 radical (unpaired) electrons. The number of hydroxylamine groups is 4. The minimum absolute atomic E-state index is 0.00831. The summed E-state index contributed by atoms with van der Waals surface area (Å²) in [5.74, 6) is -3.42. The Balaban J connectivity index is 1.71. The van der Waals surface area contributed by atoms with Crippen LogP contribution in [-0.2, 0) is 24.1 Å². The van der Waals surface area contributed by atoms with Crippen molar-refractivity contribution >= 4 is 29.7 Å². The van der Waals surface area contributed by atoms with Gasteiger partial charge in [-0.1, -0.05) is 12.6 Å². The first-order valence-corrected chi connectivity index (χ1v) is 7.78. The molecule has 0 saturated carbocycles. The van der Waals surface area contributed by atoms with Gasteiger partial charge in [-0.25, -0.2) is 9.59 Å². The van der Waals surface area contributed by atoms with Gasteiger partial charge in [0.15, 0.2) is 0 Å². The molecule has 1 aromatic rings. The number of nitrogens with zero attached hydrogens (tertiary/aromatic N) is 2. The van der Waals surface area contributed by atoms with Crippen LogP contribution in [0.3, 0.4) is 0 Å². The predicted molar refractivity (Wildman–Crippen MR) is 83.6 cm³/mol. The predicted octanol–water partition coefficient (Wildman–Crippen LogP) is 1.12. The second kappa shape index (κ2) is 6.79. The van der Waals surface area contributed by atoms with E-state index in [1.165, 1.54) is 24.3 Å². The van der Waals surface area contributed by atoms with Crippen LogP contribution in [0.5, 0.6) is 0 Å². The van der Waals surface area contributed by atoms with Crippen LogP contribution in [0.1, 0.15) is 46.4 Å². The maximum absolute atomic E-state index is 12.2. The van der Waals surface area contributed by atoms with Crippen molar-refractivity contribution in [3.63, 3.8) is 0 Å². The fourth-order valence-corrected chi connectivity index (χ4v) is 2.45. The van der Waals surface area contributed by atoms with E-state index in [0.717, 1.165) is 5.06 Å². The van der Waals surface area contributed by atoms with Gasteiger partial charge in [-0.2, -0.15) is 0 Å². The molecule has 0 bridgehead atoms. The Hall–Kier alpha value is -3.49. The van der Waals surface area contributed by atoms with Gasteiger partial charge < -0.3 is 9.68 Å². The van der Waals surface area contributed by atoms with Gasteiger partial charge >= 0.3 is 11.9 Å². The van der Waals surface area contributed by atoms with Gasteiger partial charge in [-0.05, 0) is 24.6 Å². The molecule has 3 rings (SSSR count). The molecule has 0 spiro atoms. The third-order valence-electron chi connectivity index (χ3n) is 3.83. The van der Waals surface area contributed by atoms with Crippen molar-refractivity contribution in [1.82, 2.24) is 10.1 Å². The first kappa shape index (κ1) is 17.3. The highest BCUT2D eigenvalue weighted by Crippen LogP contribution is 2.22. The monoisotopic (exact) mass is 358 g/mol. The summed E-state index contributed by atoms with van der Waals surface area (Å²) in [5, 5.41) is 1.25. The number of carbonyl (C=O) groups excluding carboxylic acids is 5. The van der Waals surface area contributed by atoms with Gasteiger partial charge in [-0.15, -0.1) is 10.1 Å². The molecule has 9 heteroatoms. The van der Waals surface area contributed by atoms with Crippen LogP contribution in [0.15, 0.2) is 36.5 Å². The number of amides is 3. The summed E-state index contributed by atoms with van der Waals surface area (Å²) < 4.78 is 0. The molecule has 0 unspecified atom stereocenters. The molecule has 9 nitrogen and oxygen atoms in total. The largest absolute Gasteiger partial charge is 0.363 e. The Labute approximate surface area is 147 Å². The summed E-state index contributed by atoms with van der Waals surface area (Å²) in [5.41, 5.74) is 0.300. The highest BCUT2D eigenvalue weighted by atomic mass is 16.7. The summed E-state index contributed by atoms with van der Waals surface area (Å²) in [4.78, 5) is 68.7. The first-order valence-electron chi connectivity index (χ1n) is 7.78. The van der Waals surface area contributed by atoms with E-state index < -0.39 is 23.8 Å². The van der Waals surface area contributed by atoms with E-state index in [9.17, 15) is 24.0 Å². The average Bonchev–Trinajstić information content (AvgIpc) is 3.11. The fourth-order valence-electron chi connectivity index (χ4n) is 2.45. The molecule has 2 heterocycles. The van der Waals surface area contributed by atoms with Crippen molar-refractivity contribution in [2.75, 3.05) is 0 Å². The molecule has 0 atom stereocenters. The molecular formula is C17H14N2O7. The van der Waals surface area contributed by atoms with Crippen LogP contribution in [-0.4, -0.2) is 39.8 Å². The maximum atomic E-state index is 12.2. The SMILES string of the molecule is C=C1CCC(=O)N1OC(=O)c1cccc(C(=O)ON2C(=O)CCC2=O)c1. The Kier molecular flexibility index (Phi) is 4.53. The van der Waals surface area contributed by atoms with Crippen molar-refractivity contribution in [1.29, 1.82) is 0 Å². The Bertz CT molecular complexity index is 748. The van der Waals surface area contributed by atoms with E-state index in [2.05, 4.69) is 6.58 Å². The standard InChI is InChI=1S/C17H14N2O7/c1-10-5-6-13(20)18(10)25-16(23)11-3-2-4-12(9-11)17(24)26-19-14(21)7-8-15(19)22/h2-4,9H,1,5-8H2. The first-order chi connectivity index (χ1) is 12.4. The van der Waals surface area contributed by atoms with E-state index in [0.29, 0.717) is 17.2 Å². The van der Waals surface area contributed by atoms with Crippen LogP contribution in [0.4, 0.5) is 0 Å². The number of hydrogen-bond acceptors (Lipinski definition) is 7. The van der Waals surface area contributed by atoms with Crippen molar-refractivity contribution in [3.05, 3.63) is 47.7 Å². The van der Waals surface area contributed by atoms with E-state index in [1.807, 2.05) is 0 Å². The molecule has 134 valence electrons. The number of imide groups is 1. The quantitative estimate of drug-likeness (QED) is 0.742. The number of benzene rings is 1. The molecule has 0 aliphatic carbocycles. The third kappa shape index (κ3) is 3.32. The van der Waals surface area contributed by atoms with Crippen molar-refractivity contribution in [3.8, 4) is 0 Å². The van der Waals surface area contributed by atoms with Gasteiger partial charge in [0.05, 0.1) is 16.8 Å². The topological polar surface area (TPSA) is 110 Å². The Morgan fingerprint density at radius 1 is 0.808 bits per heavy atom. The lowest BCUT2D eigenvalue weighted by atomic mass is 10.1. The van der Waals surface area contributed by atoms with Gasteiger partial charge in [0.1, 0.15) is 0 Å². The maximum Gasteiger partial charge on any atom is 0.363 e. The van der Waals surface area contributed by atoms with Crippen LogP contribution in [0, 0.1) is 0 Å². The number of hydrogen-bond donors (Lipinski definition) is 0. The zero-order valence-corrected chi connectivity index (χ0v) is 13.6. The van der Waals surface area contributed by atoms with E-state index >= 15 is 0 Å². The molecule has 2 saturated heterocycles. The summed E-state index contributed by atoms with van der Waals surface area (Å²) in [6.07, 6.45) is 0.561. The highest BCUT2D eigenvalue weighted by molar-refractivity contribution is 6.03. The minimum Gasteiger partial charge on any atom is -0.328 e. The molecule has 0 aromatic heterocycles. The second-order valence-electron chi connectivity index (χ2n) is 5.67. The smallest absolute Gasteiger partial charge is 0.328 e. The molecule has 1 aromatic carbocycles. The summed E-state index contributed by atoms with van der Waals surface area (Å²) in [6.45, 7) is 3.63. The Morgan fingerprint density at radius 2 is 1.27 bits per heavy atom. The number of allylic oxidation sites excluding steroid dienone is 1. The number of carbonyl (C=O) groups is 5. The molecule has 3 amide bonds. The summed E-state index contributed by atoms with van der Waals surface area (Å²) in [7, 11) is 0. The lowest BCUT2D eigenvalue weighted by molar-refractivity contribution is -0.172. The van der Waals surface area contributed by atoms with Gasteiger partial charge in [-0.3, -0.25) is 14.4 Å². The van der Waals surface area contributed by atoms with Crippen LogP contribution >= 0.6 is 0 Å². The highest BCUT2D eigenvalue weighted by Gasteiger charge is 2.33. The summed E-state index contributed by atoms with van der Waals surface area (Å²) in [6, 6.07) is 5.32. The number of rotatable bonds is 4. The second-order valence-corrected chi connectivity index (χ2v) is 5.67. The molecule has 2 aliphatic rings. The third-order valence-corrected chi connectivity index (χ3v) is 3.83. The van der Waals surface area contributed by atoms with Gasteiger partial charge in [0, 0.05) is 19.3 Å². The fraction of sp³-hybridized carbons (Fsp3) is 0.235. The van der Waals surface area contributed by atoms with Gasteiger partial charge in [0.2, 0.25) is 0 Å².